The first-order chi connectivity index (χ1) is 7.31. The highest BCUT2D eigenvalue weighted by Crippen LogP contribution is 2.29. The van der Waals surface area contributed by atoms with Gasteiger partial charge in [-0.2, -0.15) is 0 Å². The molecule has 0 atom stereocenters. The Morgan fingerprint density at radius 1 is 1.13 bits per heavy atom. The highest BCUT2D eigenvalue weighted by atomic mass is 79.9. The van der Waals surface area contributed by atoms with Crippen LogP contribution < -0.4 is 5.73 Å². The molecule has 0 aliphatic heterocycles. The Kier molecular flexibility index (Phi) is 3.23. The van der Waals surface area contributed by atoms with Crippen LogP contribution in [0.15, 0.2) is 45.3 Å². The molecule has 2 aromatic rings. The molecule has 78 valence electrons. The van der Waals surface area contributed by atoms with Gasteiger partial charge in [-0.1, -0.05) is 34.1 Å². The molecule has 2 rings (SSSR count). The van der Waals surface area contributed by atoms with Gasteiger partial charge in [-0.15, -0.1) is 0 Å². The number of nitrogens with two attached hydrogens (primary N) is 1. The molecule has 0 radical (unpaired) electrons. The van der Waals surface area contributed by atoms with Gasteiger partial charge in [-0.05, 0) is 24.7 Å². The van der Waals surface area contributed by atoms with Crippen molar-refractivity contribution >= 4 is 15.9 Å². The Hall–Kier alpha value is -1.06. The molecule has 0 saturated heterocycles. The quantitative estimate of drug-likeness (QED) is 0.926. The fourth-order valence-electron chi connectivity index (χ4n) is 1.46. The van der Waals surface area contributed by atoms with E-state index in [1.54, 1.807) is 0 Å². The summed E-state index contributed by atoms with van der Waals surface area (Å²) < 4.78 is 6.72. The summed E-state index contributed by atoms with van der Waals surface area (Å²) in [5.41, 5.74) is 6.54. The number of halogens is 1. The summed E-state index contributed by atoms with van der Waals surface area (Å²) in [5, 5.41) is 0. The molecule has 0 aliphatic rings. The van der Waals surface area contributed by atoms with Crippen LogP contribution in [0.1, 0.15) is 5.76 Å². The van der Waals surface area contributed by atoms with E-state index in [1.165, 1.54) is 0 Å². The summed E-state index contributed by atoms with van der Waals surface area (Å²) >= 11 is 3.50. The van der Waals surface area contributed by atoms with E-state index in [0.717, 1.165) is 28.0 Å². The van der Waals surface area contributed by atoms with Crippen LogP contribution in [0, 0.1) is 0 Å². The summed E-state index contributed by atoms with van der Waals surface area (Å²) in [6.07, 6.45) is 0.782. The minimum absolute atomic E-state index is 0.614. The molecule has 0 spiro atoms. The standard InChI is InChI=1S/C12H12BrNO/c13-11-4-2-1-3-10(11)12-6-5-9(15-12)7-8-14/h1-6H,7-8,14H2. The molecular weight excluding hydrogens is 254 g/mol. The molecule has 0 saturated carbocycles. The van der Waals surface area contributed by atoms with E-state index in [0.29, 0.717) is 6.54 Å². The van der Waals surface area contributed by atoms with E-state index >= 15 is 0 Å². The van der Waals surface area contributed by atoms with Crippen LogP contribution in [0.5, 0.6) is 0 Å². The Bertz CT molecular complexity index is 450. The predicted molar refractivity (Wildman–Crippen MR) is 64.6 cm³/mol. The van der Waals surface area contributed by atoms with E-state index in [-0.39, 0.29) is 0 Å². The summed E-state index contributed by atoms with van der Waals surface area (Å²) in [4.78, 5) is 0. The van der Waals surface area contributed by atoms with Crippen LogP contribution in [-0.2, 0) is 6.42 Å². The van der Waals surface area contributed by atoms with E-state index in [9.17, 15) is 0 Å². The van der Waals surface area contributed by atoms with Gasteiger partial charge in [0, 0.05) is 16.5 Å². The number of hydrogen-bond acceptors (Lipinski definition) is 2. The van der Waals surface area contributed by atoms with Crippen molar-refractivity contribution < 1.29 is 4.42 Å². The number of benzene rings is 1. The molecule has 0 unspecified atom stereocenters. The zero-order valence-electron chi connectivity index (χ0n) is 8.24. The lowest BCUT2D eigenvalue weighted by molar-refractivity contribution is 0.523. The molecule has 2 nitrogen and oxygen atoms in total. The molecule has 1 aromatic heterocycles. The molecule has 1 aromatic carbocycles. The maximum atomic E-state index is 5.68. The third-order valence-electron chi connectivity index (χ3n) is 2.19. The zero-order valence-corrected chi connectivity index (χ0v) is 9.83. The van der Waals surface area contributed by atoms with Gasteiger partial charge in [-0.3, -0.25) is 0 Å². The van der Waals surface area contributed by atoms with Gasteiger partial charge in [0.15, 0.2) is 0 Å². The van der Waals surface area contributed by atoms with Crippen LogP contribution >= 0.6 is 15.9 Å². The summed E-state index contributed by atoms with van der Waals surface area (Å²) in [7, 11) is 0. The van der Waals surface area contributed by atoms with Crippen LogP contribution in [0.2, 0.25) is 0 Å². The van der Waals surface area contributed by atoms with Crippen LogP contribution in [0.3, 0.4) is 0 Å². The first-order valence-electron chi connectivity index (χ1n) is 4.85. The van der Waals surface area contributed by atoms with Crippen LogP contribution in [0.4, 0.5) is 0 Å². The molecule has 3 heteroatoms. The Morgan fingerprint density at radius 3 is 2.67 bits per heavy atom. The Labute approximate surface area is 97.2 Å². The average Bonchev–Trinajstić information content (AvgIpc) is 2.68. The summed E-state index contributed by atoms with van der Waals surface area (Å²) in [5.74, 6) is 1.81. The average molecular weight is 266 g/mol. The SMILES string of the molecule is NCCc1ccc(-c2ccccc2Br)o1. The van der Waals surface area contributed by atoms with Crippen molar-refractivity contribution in [3.8, 4) is 11.3 Å². The van der Waals surface area contributed by atoms with Crippen molar-refractivity contribution in [1.82, 2.24) is 0 Å². The maximum Gasteiger partial charge on any atom is 0.135 e. The first kappa shape index (κ1) is 10.5. The summed E-state index contributed by atoms with van der Waals surface area (Å²) in [6, 6.07) is 11.9. The maximum absolute atomic E-state index is 5.68. The number of rotatable bonds is 3. The topological polar surface area (TPSA) is 39.2 Å². The van der Waals surface area contributed by atoms with Gasteiger partial charge in [0.05, 0.1) is 0 Å². The molecule has 0 aliphatic carbocycles. The molecule has 2 N–H and O–H groups in total. The highest BCUT2D eigenvalue weighted by Gasteiger charge is 2.06. The van der Waals surface area contributed by atoms with Gasteiger partial charge in [0.25, 0.3) is 0 Å². The number of furan rings is 1. The molecular formula is C12H12BrNO. The minimum Gasteiger partial charge on any atom is -0.461 e. The first-order valence-corrected chi connectivity index (χ1v) is 5.64. The predicted octanol–water partition coefficient (Wildman–Crippen LogP) is 3.21. The second-order valence-electron chi connectivity index (χ2n) is 3.28. The van der Waals surface area contributed by atoms with Gasteiger partial charge in [0.1, 0.15) is 11.5 Å². The summed E-state index contributed by atoms with van der Waals surface area (Å²) in [6.45, 7) is 0.614. The van der Waals surface area contributed by atoms with Crippen LogP contribution in [-0.4, -0.2) is 6.54 Å². The van der Waals surface area contributed by atoms with E-state index < -0.39 is 0 Å². The van der Waals surface area contributed by atoms with E-state index in [1.807, 2.05) is 36.4 Å². The molecule has 0 bridgehead atoms. The van der Waals surface area contributed by atoms with Crippen molar-refractivity contribution in [2.45, 2.75) is 6.42 Å². The van der Waals surface area contributed by atoms with Crippen molar-refractivity contribution in [3.63, 3.8) is 0 Å². The minimum atomic E-state index is 0.614. The number of hydrogen-bond donors (Lipinski definition) is 1. The van der Waals surface area contributed by atoms with Crippen molar-refractivity contribution in [1.29, 1.82) is 0 Å². The smallest absolute Gasteiger partial charge is 0.135 e. The van der Waals surface area contributed by atoms with Gasteiger partial charge in [-0.25, -0.2) is 0 Å². The van der Waals surface area contributed by atoms with Gasteiger partial charge >= 0.3 is 0 Å². The van der Waals surface area contributed by atoms with E-state index in [2.05, 4.69) is 15.9 Å². The van der Waals surface area contributed by atoms with E-state index in [4.69, 9.17) is 10.2 Å². The third kappa shape index (κ3) is 2.30. The molecule has 15 heavy (non-hydrogen) atoms. The van der Waals surface area contributed by atoms with Crippen LogP contribution in [0.25, 0.3) is 11.3 Å². The molecule has 1 heterocycles. The molecule has 0 fully saturated rings. The molecule has 0 amide bonds. The van der Waals surface area contributed by atoms with Crippen molar-refractivity contribution in [2.75, 3.05) is 6.54 Å². The lowest BCUT2D eigenvalue weighted by Gasteiger charge is -1.99. The zero-order chi connectivity index (χ0) is 10.7. The second-order valence-corrected chi connectivity index (χ2v) is 4.14. The second kappa shape index (κ2) is 4.64. The third-order valence-corrected chi connectivity index (χ3v) is 2.88. The Balaban J connectivity index is 2.33. The largest absolute Gasteiger partial charge is 0.461 e. The lowest BCUT2D eigenvalue weighted by atomic mass is 10.2. The fraction of sp³-hybridized carbons (Fsp3) is 0.167. The highest BCUT2D eigenvalue weighted by molar-refractivity contribution is 9.10. The lowest BCUT2D eigenvalue weighted by Crippen LogP contribution is -2.01. The van der Waals surface area contributed by atoms with Gasteiger partial charge in [0.2, 0.25) is 0 Å². The van der Waals surface area contributed by atoms with Crippen molar-refractivity contribution in [2.24, 2.45) is 5.73 Å². The fourth-order valence-corrected chi connectivity index (χ4v) is 1.94. The Morgan fingerprint density at radius 2 is 1.93 bits per heavy atom. The normalized spacial score (nSPS) is 10.5. The monoisotopic (exact) mass is 265 g/mol. The van der Waals surface area contributed by atoms with Crippen molar-refractivity contribution in [3.05, 3.63) is 46.6 Å². The van der Waals surface area contributed by atoms with Gasteiger partial charge < -0.3 is 10.2 Å².